The van der Waals surface area contributed by atoms with Crippen molar-refractivity contribution in [3.63, 3.8) is 0 Å². The van der Waals surface area contributed by atoms with Crippen LogP contribution in [0.5, 0.6) is 0 Å². The lowest BCUT2D eigenvalue weighted by Gasteiger charge is -2.24. The number of benzene rings is 1. The summed E-state index contributed by atoms with van der Waals surface area (Å²) in [5.74, 6) is 0. The maximum absolute atomic E-state index is 9.58. The summed E-state index contributed by atoms with van der Waals surface area (Å²) < 4.78 is 2.12. The van der Waals surface area contributed by atoms with Gasteiger partial charge in [0.25, 0.3) is 0 Å². The molecule has 1 aromatic heterocycles. The molecule has 1 aromatic carbocycles. The molecule has 0 N–H and O–H groups in total. The van der Waals surface area contributed by atoms with Crippen molar-refractivity contribution in [1.29, 1.82) is 5.26 Å². The monoisotopic (exact) mass is 307 g/mol. The molecule has 2 aromatic rings. The first-order chi connectivity index (χ1) is 11.0. The van der Waals surface area contributed by atoms with Gasteiger partial charge in [0.05, 0.1) is 5.56 Å². The van der Waals surface area contributed by atoms with Crippen LogP contribution in [0, 0.1) is 25.2 Å². The van der Waals surface area contributed by atoms with Crippen LogP contribution in [0.15, 0.2) is 24.3 Å². The third-order valence-electron chi connectivity index (χ3n) is 5.44. The normalized spacial score (nSPS) is 16.5. The minimum atomic E-state index is 0.438. The van der Waals surface area contributed by atoms with Crippen molar-refractivity contribution < 1.29 is 0 Å². The summed E-state index contributed by atoms with van der Waals surface area (Å²) in [4.78, 5) is 2.55. The SMILES string of the molecule is Cc1c(C#N)c(-c2cccc([C@@H](C)N3CCCC3)c2)c(C)n1C. The number of nitrogens with zero attached hydrogens (tertiary/aromatic N) is 3. The maximum Gasteiger partial charge on any atom is 0.102 e. The van der Waals surface area contributed by atoms with E-state index in [0.717, 1.165) is 28.1 Å². The lowest BCUT2D eigenvalue weighted by Crippen LogP contribution is -2.23. The van der Waals surface area contributed by atoms with E-state index >= 15 is 0 Å². The molecular weight excluding hydrogens is 282 g/mol. The van der Waals surface area contributed by atoms with Gasteiger partial charge in [-0.25, -0.2) is 0 Å². The fraction of sp³-hybridized carbons (Fsp3) is 0.450. The minimum absolute atomic E-state index is 0.438. The molecule has 0 radical (unpaired) electrons. The largest absolute Gasteiger partial charge is 0.350 e. The number of rotatable bonds is 3. The van der Waals surface area contributed by atoms with Crippen molar-refractivity contribution in [2.75, 3.05) is 13.1 Å². The van der Waals surface area contributed by atoms with Gasteiger partial charge in [-0.15, -0.1) is 0 Å². The van der Waals surface area contributed by atoms with Crippen LogP contribution >= 0.6 is 0 Å². The smallest absolute Gasteiger partial charge is 0.102 e. The molecule has 2 heterocycles. The van der Waals surface area contributed by atoms with Gasteiger partial charge in [0.2, 0.25) is 0 Å². The zero-order valence-electron chi connectivity index (χ0n) is 14.6. The summed E-state index contributed by atoms with van der Waals surface area (Å²) in [7, 11) is 2.03. The van der Waals surface area contributed by atoms with Gasteiger partial charge in [0.15, 0.2) is 0 Å². The average molecular weight is 307 g/mol. The van der Waals surface area contributed by atoms with E-state index in [1.54, 1.807) is 0 Å². The highest BCUT2D eigenvalue weighted by Gasteiger charge is 2.21. The van der Waals surface area contributed by atoms with Crippen LogP contribution in [-0.4, -0.2) is 22.6 Å². The first kappa shape index (κ1) is 15.8. The first-order valence-electron chi connectivity index (χ1n) is 8.45. The summed E-state index contributed by atoms with van der Waals surface area (Å²) >= 11 is 0. The van der Waals surface area contributed by atoms with Crippen LogP contribution < -0.4 is 0 Å². The molecule has 0 bridgehead atoms. The number of likely N-dealkylation sites (tertiary alicyclic amines) is 1. The predicted molar refractivity (Wildman–Crippen MR) is 94.3 cm³/mol. The van der Waals surface area contributed by atoms with Gasteiger partial charge in [-0.05, 0) is 63.9 Å². The minimum Gasteiger partial charge on any atom is -0.350 e. The Bertz CT molecular complexity index is 758. The van der Waals surface area contributed by atoms with Crippen molar-refractivity contribution in [2.24, 2.45) is 7.05 Å². The molecule has 1 aliphatic rings. The molecule has 3 heteroatoms. The molecule has 120 valence electrons. The van der Waals surface area contributed by atoms with Crippen LogP contribution in [-0.2, 0) is 7.05 Å². The Morgan fingerprint density at radius 2 is 1.83 bits per heavy atom. The second-order valence-corrected chi connectivity index (χ2v) is 6.64. The number of hydrogen-bond donors (Lipinski definition) is 0. The molecule has 0 saturated carbocycles. The van der Waals surface area contributed by atoms with Gasteiger partial charge < -0.3 is 4.57 Å². The Balaban J connectivity index is 2.04. The van der Waals surface area contributed by atoms with Crippen LogP contribution in [0.3, 0.4) is 0 Å². The van der Waals surface area contributed by atoms with E-state index in [2.05, 4.69) is 53.6 Å². The Labute approximate surface area is 139 Å². The Morgan fingerprint density at radius 1 is 1.13 bits per heavy atom. The molecule has 0 unspecified atom stereocenters. The van der Waals surface area contributed by atoms with Gasteiger partial charge in [0.1, 0.15) is 6.07 Å². The third kappa shape index (κ3) is 2.68. The van der Waals surface area contributed by atoms with Gasteiger partial charge in [-0.2, -0.15) is 5.26 Å². The lowest BCUT2D eigenvalue weighted by atomic mass is 9.97. The Morgan fingerprint density at radius 3 is 2.48 bits per heavy atom. The molecular formula is C20H25N3. The fourth-order valence-corrected chi connectivity index (χ4v) is 3.73. The summed E-state index contributed by atoms with van der Waals surface area (Å²) in [5, 5.41) is 9.58. The maximum atomic E-state index is 9.58. The van der Waals surface area contributed by atoms with Crippen molar-refractivity contribution in [1.82, 2.24) is 9.47 Å². The van der Waals surface area contributed by atoms with E-state index in [-0.39, 0.29) is 0 Å². The van der Waals surface area contributed by atoms with E-state index in [9.17, 15) is 5.26 Å². The standard InChI is InChI=1S/C20H25N3/c1-14(23-10-5-6-11-23)17-8-7-9-18(12-17)20-16(3)22(4)15(2)19(20)13-21/h7-9,12,14H,5-6,10-11H2,1-4H3/t14-/m1/s1. The summed E-state index contributed by atoms with van der Waals surface area (Å²) in [6, 6.07) is 11.6. The number of hydrogen-bond acceptors (Lipinski definition) is 2. The van der Waals surface area contributed by atoms with Crippen LogP contribution in [0.2, 0.25) is 0 Å². The van der Waals surface area contributed by atoms with E-state index < -0.39 is 0 Å². The van der Waals surface area contributed by atoms with E-state index in [4.69, 9.17) is 0 Å². The highest BCUT2D eigenvalue weighted by atomic mass is 15.2. The summed E-state index contributed by atoms with van der Waals surface area (Å²) in [6.45, 7) is 8.79. The summed E-state index contributed by atoms with van der Waals surface area (Å²) in [5.41, 5.74) is 6.59. The third-order valence-corrected chi connectivity index (χ3v) is 5.44. The lowest BCUT2D eigenvalue weighted by molar-refractivity contribution is 0.263. The molecule has 0 aliphatic carbocycles. The Hall–Kier alpha value is -2.05. The molecule has 1 fully saturated rings. The highest BCUT2D eigenvalue weighted by molar-refractivity contribution is 5.75. The van der Waals surface area contributed by atoms with Crippen LogP contribution in [0.25, 0.3) is 11.1 Å². The molecule has 3 rings (SSSR count). The van der Waals surface area contributed by atoms with E-state index in [1.807, 2.05) is 14.0 Å². The fourth-order valence-electron chi connectivity index (χ4n) is 3.73. The van der Waals surface area contributed by atoms with Crippen molar-refractivity contribution in [3.05, 3.63) is 46.8 Å². The molecule has 23 heavy (non-hydrogen) atoms. The topological polar surface area (TPSA) is 32.0 Å². The van der Waals surface area contributed by atoms with Gasteiger partial charge >= 0.3 is 0 Å². The number of aromatic nitrogens is 1. The molecule has 0 amide bonds. The van der Waals surface area contributed by atoms with Gasteiger partial charge in [0, 0.05) is 30.0 Å². The average Bonchev–Trinajstić information content (AvgIpc) is 3.17. The second kappa shape index (κ2) is 6.22. The molecule has 1 aliphatic heterocycles. The van der Waals surface area contributed by atoms with Crippen LogP contribution in [0.4, 0.5) is 0 Å². The molecule has 1 atom stereocenters. The van der Waals surface area contributed by atoms with Crippen molar-refractivity contribution in [2.45, 2.75) is 39.7 Å². The second-order valence-electron chi connectivity index (χ2n) is 6.64. The van der Waals surface area contributed by atoms with Crippen LogP contribution in [0.1, 0.15) is 48.3 Å². The van der Waals surface area contributed by atoms with E-state index in [0.29, 0.717) is 6.04 Å². The predicted octanol–water partition coefficient (Wildman–Crippen LogP) is 4.34. The quantitative estimate of drug-likeness (QED) is 0.845. The summed E-state index contributed by atoms with van der Waals surface area (Å²) in [6.07, 6.45) is 2.61. The van der Waals surface area contributed by atoms with Gasteiger partial charge in [-0.1, -0.05) is 18.2 Å². The number of nitriles is 1. The van der Waals surface area contributed by atoms with Gasteiger partial charge in [-0.3, -0.25) is 4.90 Å². The Kier molecular flexibility index (Phi) is 4.28. The molecule has 0 spiro atoms. The zero-order chi connectivity index (χ0) is 16.6. The van der Waals surface area contributed by atoms with E-state index in [1.165, 1.54) is 31.5 Å². The highest BCUT2D eigenvalue weighted by Crippen LogP contribution is 2.34. The first-order valence-corrected chi connectivity index (χ1v) is 8.45. The zero-order valence-corrected chi connectivity index (χ0v) is 14.6. The van der Waals surface area contributed by atoms with Crippen molar-refractivity contribution >= 4 is 0 Å². The van der Waals surface area contributed by atoms with Crippen molar-refractivity contribution in [3.8, 4) is 17.2 Å². The molecule has 3 nitrogen and oxygen atoms in total. The molecule has 1 saturated heterocycles.